The van der Waals surface area contributed by atoms with E-state index in [-0.39, 0.29) is 0 Å². The number of ether oxygens (including phenoxy) is 2. The Morgan fingerprint density at radius 1 is 1.07 bits per heavy atom. The third kappa shape index (κ3) is 5.50. The van der Waals surface area contributed by atoms with Crippen LogP contribution in [0.3, 0.4) is 0 Å². The van der Waals surface area contributed by atoms with Gasteiger partial charge >= 0.3 is 0 Å². The van der Waals surface area contributed by atoms with E-state index in [0.29, 0.717) is 5.41 Å². The zero-order valence-electron chi connectivity index (χ0n) is 10.2. The van der Waals surface area contributed by atoms with Crippen molar-refractivity contribution in [3.63, 3.8) is 0 Å². The summed E-state index contributed by atoms with van der Waals surface area (Å²) in [5.74, 6) is 0. The summed E-state index contributed by atoms with van der Waals surface area (Å²) in [4.78, 5) is 0. The molecule has 0 amide bonds. The Bertz CT molecular complexity index is 144. The van der Waals surface area contributed by atoms with Crippen molar-refractivity contribution in [2.75, 3.05) is 40.5 Å². The van der Waals surface area contributed by atoms with Crippen molar-refractivity contribution in [2.24, 2.45) is 5.41 Å². The predicted octanol–water partition coefficient (Wildman–Crippen LogP) is 1.82. The van der Waals surface area contributed by atoms with Crippen LogP contribution in [0.4, 0.5) is 0 Å². The number of rotatable bonds is 10. The van der Waals surface area contributed by atoms with Crippen LogP contribution in [-0.2, 0) is 9.47 Å². The van der Waals surface area contributed by atoms with Crippen molar-refractivity contribution in [1.29, 1.82) is 0 Å². The lowest BCUT2D eigenvalue weighted by Gasteiger charge is -2.15. The molecule has 1 fully saturated rings. The van der Waals surface area contributed by atoms with E-state index in [2.05, 4.69) is 5.32 Å². The second kappa shape index (κ2) is 7.20. The van der Waals surface area contributed by atoms with Crippen molar-refractivity contribution in [3.8, 4) is 0 Å². The maximum absolute atomic E-state index is 5.06. The SMILES string of the molecule is COCCCCC1(CNCCOC)CC1. The molecule has 0 radical (unpaired) electrons. The Morgan fingerprint density at radius 3 is 2.40 bits per heavy atom. The number of hydrogen-bond acceptors (Lipinski definition) is 3. The summed E-state index contributed by atoms with van der Waals surface area (Å²) < 4.78 is 10.1. The largest absolute Gasteiger partial charge is 0.385 e. The number of methoxy groups -OCH3 is 2. The average molecular weight is 215 g/mol. The molecule has 1 saturated carbocycles. The minimum absolute atomic E-state index is 0.626. The lowest BCUT2D eigenvalue weighted by Crippen LogP contribution is -2.27. The van der Waals surface area contributed by atoms with Gasteiger partial charge in [-0.1, -0.05) is 6.42 Å². The fourth-order valence-corrected chi connectivity index (χ4v) is 1.97. The highest BCUT2D eigenvalue weighted by Gasteiger charge is 2.40. The van der Waals surface area contributed by atoms with Crippen LogP contribution in [0, 0.1) is 5.41 Å². The van der Waals surface area contributed by atoms with Crippen LogP contribution in [-0.4, -0.2) is 40.5 Å². The van der Waals surface area contributed by atoms with Crippen LogP contribution in [0.5, 0.6) is 0 Å². The molecular formula is C12H25NO2. The van der Waals surface area contributed by atoms with Crippen LogP contribution in [0.1, 0.15) is 32.1 Å². The van der Waals surface area contributed by atoms with E-state index in [4.69, 9.17) is 9.47 Å². The van der Waals surface area contributed by atoms with Crippen molar-refractivity contribution in [3.05, 3.63) is 0 Å². The smallest absolute Gasteiger partial charge is 0.0587 e. The first-order valence-electron chi connectivity index (χ1n) is 6.02. The summed E-state index contributed by atoms with van der Waals surface area (Å²) in [7, 11) is 3.53. The summed E-state index contributed by atoms with van der Waals surface area (Å²) >= 11 is 0. The van der Waals surface area contributed by atoms with Crippen molar-refractivity contribution in [1.82, 2.24) is 5.32 Å². The van der Waals surface area contributed by atoms with Gasteiger partial charge in [0.05, 0.1) is 6.61 Å². The van der Waals surface area contributed by atoms with Gasteiger partial charge in [0, 0.05) is 33.9 Å². The minimum Gasteiger partial charge on any atom is -0.385 e. The molecule has 1 N–H and O–H groups in total. The zero-order chi connectivity index (χ0) is 11.0. The third-order valence-electron chi connectivity index (χ3n) is 3.25. The van der Waals surface area contributed by atoms with Gasteiger partial charge in [0.1, 0.15) is 0 Å². The number of hydrogen-bond donors (Lipinski definition) is 1. The molecular weight excluding hydrogens is 190 g/mol. The second-order valence-corrected chi connectivity index (χ2v) is 4.62. The molecule has 3 heteroatoms. The van der Waals surface area contributed by atoms with Gasteiger partial charge in [-0.2, -0.15) is 0 Å². The van der Waals surface area contributed by atoms with Gasteiger partial charge < -0.3 is 14.8 Å². The molecule has 0 aromatic heterocycles. The molecule has 0 saturated heterocycles. The lowest BCUT2D eigenvalue weighted by atomic mass is 9.99. The van der Waals surface area contributed by atoms with Gasteiger partial charge in [-0.15, -0.1) is 0 Å². The Morgan fingerprint density at radius 2 is 1.80 bits per heavy atom. The first-order valence-corrected chi connectivity index (χ1v) is 6.02. The summed E-state index contributed by atoms with van der Waals surface area (Å²) in [6.07, 6.45) is 6.67. The summed E-state index contributed by atoms with van der Waals surface area (Å²) in [5, 5.41) is 3.47. The van der Waals surface area contributed by atoms with Crippen LogP contribution in [0.25, 0.3) is 0 Å². The van der Waals surface area contributed by atoms with E-state index in [9.17, 15) is 0 Å². The molecule has 0 unspecified atom stereocenters. The first kappa shape index (κ1) is 12.9. The van der Waals surface area contributed by atoms with Crippen LogP contribution >= 0.6 is 0 Å². The van der Waals surface area contributed by atoms with Gasteiger partial charge in [-0.25, -0.2) is 0 Å². The Kier molecular flexibility index (Phi) is 6.22. The van der Waals surface area contributed by atoms with Crippen LogP contribution in [0.15, 0.2) is 0 Å². The summed E-state index contributed by atoms with van der Waals surface area (Å²) in [6, 6.07) is 0. The van der Waals surface area contributed by atoms with E-state index in [1.807, 2.05) is 0 Å². The van der Waals surface area contributed by atoms with Gasteiger partial charge in [0.15, 0.2) is 0 Å². The third-order valence-corrected chi connectivity index (χ3v) is 3.25. The van der Waals surface area contributed by atoms with Crippen LogP contribution < -0.4 is 5.32 Å². The maximum atomic E-state index is 5.06. The molecule has 3 nitrogen and oxygen atoms in total. The molecule has 0 aliphatic heterocycles. The molecule has 0 aromatic carbocycles. The molecule has 0 bridgehead atoms. The topological polar surface area (TPSA) is 30.5 Å². The Balaban J connectivity index is 1.96. The molecule has 1 rings (SSSR count). The highest BCUT2D eigenvalue weighted by molar-refractivity contribution is 4.94. The summed E-state index contributed by atoms with van der Waals surface area (Å²) in [6.45, 7) is 3.88. The molecule has 1 aliphatic rings. The molecule has 15 heavy (non-hydrogen) atoms. The lowest BCUT2D eigenvalue weighted by molar-refractivity contribution is 0.187. The molecule has 0 atom stereocenters. The molecule has 90 valence electrons. The summed E-state index contributed by atoms with van der Waals surface area (Å²) in [5.41, 5.74) is 0.626. The van der Waals surface area contributed by atoms with E-state index in [1.165, 1.54) is 38.6 Å². The first-order chi connectivity index (χ1) is 7.33. The molecule has 0 spiro atoms. The van der Waals surface area contributed by atoms with Gasteiger partial charge in [-0.05, 0) is 31.1 Å². The Labute approximate surface area is 93.5 Å². The molecule has 1 aliphatic carbocycles. The number of nitrogens with one attached hydrogen (secondary N) is 1. The van der Waals surface area contributed by atoms with E-state index >= 15 is 0 Å². The highest BCUT2D eigenvalue weighted by atomic mass is 16.5. The average Bonchev–Trinajstić information content (AvgIpc) is 3.01. The monoisotopic (exact) mass is 215 g/mol. The predicted molar refractivity (Wildman–Crippen MR) is 62.1 cm³/mol. The van der Waals surface area contributed by atoms with E-state index < -0.39 is 0 Å². The molecule has 0 heterocycles. The minimum atomic E-state index is 0.626. The zero-order valence-corrected chi connectivity index (χ0v) is 10.2. The second-order valence-electron chi connectivity index (χ2n) is 4.62. The fraction of sp³-hybridized carbons (Fsp3) is 1.00. The van der Waals surface area contributed by atoms with Crippen molar-refractivity contribution in [2.45, 2.75) is 32.1 Å². The highest BCUT2D eigenvalue weighted by Crippen LogP contribution is 2.49. The fourth-order valence-electron chi connectivity index (χ4n) is 1.97. The van der Waals surface area contributed by atoms with Crippen molar-refractivity contribution >= 4 is 0 Å². The quantitative estimate of drug-likeness (QED) is 0.564. The van der Waals surface area contributed by atoms with E-state index in [0.717, 1.165) is 19.8 Å². The van der Waals surface area contributed by atoms with E-state index in [1.54, 1.807) is 14.2 Å². The van der Waals surface area contributed by atoms with Crippen LogP contribution in [0.2, 0.25) is 0 Å². The molecule has 0 aromatic rings. The van der Waals surface area contributed by atoms with Gasteiger partial charge in [0.2, 0.25) is 0 Å². The maximum Gasteiger partial charge on any atom is 0.0587 e. The number of unbranched alkanes of at least 4 members (excludes halogenated alkanes) is 1. The standard InChI is InChI=1S/C12H25NO2/c1-14-9-4-3-5-12(6-7-12)11-13-8-10-15-2/h13H,3-11H2,1-2H3. The normalized spacial score (nSPS) is 18.0. The van der Waals surface area contributed by atoms with Gasteiger partial charge in [0.25, 0.3) is 0 Å². The van der Waals surface area contributed by atoms with Gasteiger partial charge in [-0.3, -0.25) is 0 Å². The van der Waals surface area contributed by atoms with Crippen molar-refractivity contribution < 1.29 is 9.47 Å². The Hall–Kier alpha value is -0.120.